The molecule has 2 aliphatic heterocycles. The topological polar surface area (TPSA) is 28.2 Å². The van der Waals surface area contributed by atoms with Crippen molar-refractivity contribution in [1.82, 2.24) is 9.88 Å². The molecule has 17 heavy (non-hydrogen) atoms. The van der Waals surface area contributed by atoms with Gasteiger partial charge in [-0.25, -0.2) is 4.98 Å². The normalized spacial score (nSPS) is 19.4. The monoisotopic (exact) mass is 231 g/mol. The van der Waals surface area contributed by atoms with Crippen LogP contribution < -0.4 is 5.32 Å². The lowest BCUT2D eigenvalue weighted by molar-refractivity contribution is 0.250. The molecule has 0 saturated carbocycles. The van der Waals surface area contributed by atoms with E-state index in [0.717, 1.165) is 18.9 Å². The molecule has 0 spiro atoms. The van der Waals surface area contributed by atoms with Crippen LogP contribution in [0.5, 0.6) is 0 Å². The van der Waals surface area contributed by atoms with E-state index in [1.54, 1.807) is 0 Å². The van der Waals surface area contributed by atoms with Gasteiger partial charge in [-0.1, -0.05) is 13.0 Å². The molecule has 92 valence electrons. The molecule has 0 unspecified atom stereocenters. The number of hydrogen-bond acceptors (Lipinski definition) is 3. The summed E-state index contributed by atoms with van der Waals surface area (Å²) in [5, 5.41) is 3.43. The van der Waals surface area contributed by atoms with E-state index >= 15 is 0 Å². The smallest absolute Gasteiger partial charge is 0.129 e. The third-order valence-electron chi connectivity index (χ3n) is 3.80. The SMILES string of the molecule is CCCN1CCc2cc3c(nc2C1)NCCC3. The number of nitrogens with zero attached hydrogens (tertiary/aromatic N) is 2. The van der Waals surface area contributed by atoms with Gasteiger partial charge in [0.05, 0.1) is 5.69 Å². The third-order valence-corrected chi connectivity index (χ3v) is 3.80. The number of nitrogens with one attached hydrogen (secondary N) is 1. The largest absolute Gasteiger partial charge is 0.370 e. The van der Waals surface area contributed by atoms with Crippen molar-refractivity contribution in [3.63, 3.8) is 0 Å². The summed E-state index contributed by atoms with van der Waals surface area (Å²) in [4.78, 5) is 7.35. The Kier molecular flexibility index (Phi) is 3.02. The summed E-state index contributed by atoms with van der Waals surface area (Å²) in [6.07, 6.45) is 4.85. The van der Waals surface area contributed by atoms with Gasteiger partial charge < -0.3 is 5.32 Å². The van der Waals surface area contributed by atoms with Crippen LogP contribution in [0.4, 0.5) is 5.82 Å². The molecule has 0 saturated heterocycles. The van der Waals surface area contributed by atoms with E-state index in [-0.39, 0.29) is 0 Å². The quantitative estimate of drug-likeness (QED) is 0.846. The summed E-state index contributed by atoms with van der Waals surface area (Å²) in [6, 6.07) is 2.40. The number of aryl methyl sites for hydroxylation is 1. The Bertz CT molecular complexity index is 414. The lowest BCUT2D eigenvalue weighted by atomic mass is 9.99. The van der Waals surface area contributed by atoms with Crippen molar-refractivity contribution >= 4 is 5.82 Å². The lowest BCUT2D eigenvalue weighted by Gasteiger charge is -2.29. The summed E-state index contributed by atoms with van der Waals surface area (Å²) >= 11 is 0. The van der Waals surface area contributed by atoms with Crippen LogP contribution in [0.2, 0.25) is 0 Å². The predicted octanol–water partition coefficient (Wildman–Crippen LogP) is 2.21. The molecule has 2 aliphatic rings. The van der Waals surface area contributed by atoms with Crippen molar-refractivity contribution in [3.05, 3.63) is 22.9 Å². The Morgan fingerprint density at radius 1 is 1.35 bits per heavy atom. The van der Waals surface area contributed by atoms with Crippen LogP contribution in [0, 0.1) is 0 Å². The van der Waals surface area contributed by atoms with E-state index in [2.05, 4.69) is 23.2 Å². The molecule has 3 rings (SSSR count). The molecule has 0 atom stereocenters. The van der Waals surface area contributed by atoms with Crippen LogP contribution in [0.1, 0.15) is 36.6 Å². The van der Waals surface area contributed by atoms with E-state index in [9.17, 15) is 0 Å². The highest BCUT2D eigenvalue weighted by Crippen LogP contribution is 2.26. The molecule has 3 nitrogen and oxygen atoms in total. The minimum absolute atomic E-state index is 1.04. The maximum Gasteiger partial charge on any atom is 0.129 e. The highest BCUT2D eigenvalue weighted by Gasteiger charge is 2.20. The number of pyridine rings is 1. The first-order valence-corrected chi connectivity index (χ1v) is 6.84. The van der Waals surface area contributed by atoms with E-state index in [1.165, 1.54) is 55.6 Å². The molecule has 3 heterocycles. The van der Waals surface area contributed by atoms with Crippen molar-refractivity contribution in [2.75, 3.05) is 25.0 Å². The summed E-state index contributed by atoms with van der Waals surface area (Å²) in [5.41, 5.74) is 4.22. The van der Waals surface area contributed by atoms with Gasteiger partial charge in [-0.3, -0.25) is 4.90 Å². The maximum absolute atomic E-state index is 4.83. The van der Waals surface area contributed by atoms with Gasteiger partial charge in [0, 0.05) is 19.6 Å². The fourth-order valence-electron chi connectivity index (χ4n) is 2.90. The third kappa shape index (κ3) is 2.16. The minimum Gasteiger partial charge on any atom is -0.370 e. The van der Waals surface area contributed by atoms with Crippen LogP contribution in [0.25, 0.3) is 0 Å². The lowest BCUT2D eigenvalue weighted by Crippen LogP contribution is -2.32. The van der Waals surface area contributed by atoms with Gasteiger partial charge in [0.2, 0.25) is 0 Å². The van der Waals surface area contributed by atoms with Gasteiger partial charge in [0.1, 0.15) is 5.82 Å². The Labute approximate surface area is 103 Å². The summed E-state index contributed by atoms with van der Waals surface area (Å²) in [5.74, 6) is 1.15. The molecule has 1 aromatic rings. The zero-order valence-corrected chi connectivity index (χ0v) is 10.6. The minimum atomic E-state index is 1.04. The first kappa shape index (κ1) is 11.0. The van der Waals surface area contributed by atoms with Gasteiger partial charge in [-0.2, -0.15) is 0 Å². The van der Waals surface area contributed by atoms with E-state index in [1.807, 2.05) is 0 Å². The van der Waals surface area contributed by atoms with Crippen molar-refractivity contribution in [1.29, 1.82) is 0 Å². The molecule has 0 aromatic carbocycles. The zero-order valence-electron chi connectivity index (χ0n) is 10.6. The average Bonchev–Trinajstić information content (AvgIpc) is 2.36. The van der Waals surface area contributed by atoms with Crippen LogP contribution in [-0.2, 0) is 19.4 Å². The summed E-state index contributed by atoms with van der Waals surface area (Å²) in [7, 11) is 0. The van der Waals surface area contributed by atoms with Gasteiger partial charge in [0.15, 0.2) is 0 Å². The van der Waals surface area contributed by atoms with Crippen LogP contribution in [0.15, 0.2) is 6.07 Å². The first-order chi connectivity index (χ1) is 8.36. The Morgan fingerprint density at radius 2 is 2.29 bits per heavy atom. The second-order valence-corrected chi connectivity index (χ2v) is 5.16. The van der Waals surface area contributed by atoms with Crippen molar-refractivity contribution in [2.24, 2.45) is 0 Å². The molecular formula is C14H21N3. The van der Waals surface area contributed by atoms with E-state index < -0.39 is 0 Å². The molecule has 1 N–H and O–H groups in total. The molecule has 3 heteroatoms. The van der Waals surface area contributed by atoms with Gasteiger partial charge in [-0.05, 0) is 43.4 Å². The summed E-state index contributed by atoms with van der Waals surface area (Å²) < 4.78 is 0. The van der Waals surface area contributed by atoms with Gasteiger partial charge in [-0.15, -0.1) is 0 Å². The van der Waals surface area contributed by atoms with Gasteiger partial charge >= 0.3 is 0 Å². The van der Waals surface area contributed by atoms with Crippen molar-refractivity contribution in [2.45, 2.75) is 39.2 Å². The predicted molar refractivity (Wildman–Crippen MR) is 70.3 cm³/mol. The van der Waals surface area contributed by atoms with Crippen LogP contribution in [0.3, 0.4) is 0 Å². The second kappa shape index (κ2) is 4.65. The molecule has 0 fully saturated rings. The highest BCUT2D eigenvalue weighted by atomic mass is 15.1. The standard InChI is InChI=1S/C14H21N3/c1-2-7-17-8-5-11-9-12-4-3-6-15-14(12)16-13(11)10-17/h9H,2-8,10H2,1H3,(H,15,16). The number of hydrogen-bond donors (Lipinski definition) is 1. The fourth-order valence-corrected chi connectivity index (χ4v) is 2.90. The Balaban J connectivity index is 1.87. The molecule has 0 bridgehead atoms. The van der Waals surface area contributed by atoms with Crippen LogP contribution >= 0.6 is 0 Å². The highest BCUT2D eigenvalue weighted by molar-refractivity contribution is 5.49. The number of rotatable bonds is 2. The zero-order chi connectivity index (χ0) is 11.7. The molecule has 0 aliphatic carbocycles. The average molecular weight is 231 g/mol. The number of anilines is 1. The second-order valence-electron chi connectivity index (χ2n) is 5.16. The Morgan fingerprint density at radius 3 is 3.18 bits per heavy atom. The molecule has 0 amide bonds. The molecule has 1 aromatic heterocycles. The first-order valence-electron chi connectivity index (χ1n) is 6.84. The fraction of sp³-hybridized carbons (Fsp3) is 0.643. The number of aromatic nitrogens is 1. The van der Waals surface area contributed by atoms with Crippen LogP contribution in [-0.4, -0.2) is 29.5 Å². The van der Waals surface area contributed by atoms with E-state index in [0.29, 0.717) is 0 Å². The molecule has 0 radical (unpaired) electrons. The summed E-state index contributed by atoms with van der Waals surface area (Å²) in [6.45, 7) is 6.77. The molecular weight excluding hydrogens is 210 g/mol. The van der Waals surface area contributed by atoms with Crippen molar-refractivity contribution in [3.8, 4) is 0 Å². The van der Waals surface area contributed by atoms with Gasteiger partial charge in [0.25, 0.3) is 0 Å². The van der Waals surface area contributed by atoms with Crippen molar-refractivity contribution < 1.29 is 0 Å². The maximum atomic E-state index is 4.83. The number of fused-ring (bicyclic) bond motifs is 2. The Hall–Kier alpha value is -1.09. The van der Waals surface area contributed by atoms with E-state index in [4.69, 9.17) is 4.98 Å².